The lowest BCUT2D eigenvalue weighted by atomic mass is 10.2. The predicted molar refractivity (Wildman–Crippen MR) is 70.5 cm³/mol. The van der Waals surface area contributed by atoms with E-state index in [4.69, 9.17) is 9.47 Å². The molecule has 0 aromatic heterocycles. The van der Waals surface area contributed by atoms with Gasteiger partial charge in [0.25, 0.3) is 0 Å². The van der Waals surface area contributed by atoms with Crippen LogP contribution < -0.4 is 9.47 Å². The number of benzene rings is 2. The molecule has 0 saturated heterocycles. The first-order valence-corrected chi connectivity index (χ1v) is 5.89. The van der Waals surface area contributed by atoms with Gasteiger partial charge in [0.15, 0.2) is 0 Å². The van der Waals surface area contributed by atoms with Gasteiger partial charge in [-0.25, -0.2) is 0 Å². The highest BCUT2D eigenvalue weighted by Crippen LogP contribution is 2.27. The van der Waals surface area contributed by atoms with Crippen LogP contribution in [0.15, 0.2) is 42.5 Å². The fraction of sp³-hybridized carbons (Fsp3) is 0.200. The molecular formula is C15H16O3. The molecule has 2 aromatic carbocycles. The third kappa shape index (κ3) is 2.94. The minimum absolute atomic E-state index is 0.272. The van der Waals surface area contributed by atoms with Crippen molar-refractivity contribution < 1.29 is 14.6 Å². The number of aryl methyl sites for hydroxylation is 1. The van der Waals surface area contributed by atoms with Crippen LogP contribution in [0.25, 0.3) is 0 Å². The van der Waals surface area contributed by atoms with Gasteiger partial charge in [0.05, 0.1) is 6.61 Å². The molecule has 3 nitrogen and oxygen atoms in total. The second-order valence-electron chi connectivity index (χ2n) is 3.95. The Bertz CT molecular complexity index is 518. The zero-order valence-corrected chi connectivity index (χ0v) is 10.5. The molecule has 0 radical (unpaired) electrons. The van der Waals surface area contributed by atoms with Crippen LogP contribution in [0.3, 0.4) is 0 Å². The van der Waals surface area contributed by atoms with Gasteiger partial charge in [-0.2, -0.15) is 0 Å². The number of ether oxygens (including phenoxy) is 2. The zero-order chi connectivity index (χ0) is 13.0. The molecule has 0 atom stereocenters. The van der Waals surface area contributed by atoms with Gasteiger partial charge in [-0.3, -0.25) is 0 Å². The number of phenolic OH excluding ortho intramolecular Hbond substituents is 1. The Balaban J connectivity index is 2.10. The van der Waals surface area contributed by atoms with E-state index in [0.717, 1.165) is 17.1 Å². The standard InChI is InChI=1S/C15H16O3/c1-3-17-12-4-6-13(7-5-12)18-14-8-9-15(16)11(2)10-14/h4-10,16H,3H2,1-2H3. The molecule has 94 valence electrons. The van der Waals surface area contributed by atoms with Gasteiger partial charge in [0.2, 0.25) is 0 Å². The minimum Gasteiger partial charge on any atom is -0.508 e. The highest BCUT2D eigenvalue weighted by molar-refractivity contribution is 5.41. The number of hydrogen-bond acceptors (Lipinski definition) is 3. The quantitative estimate of drug-likeness (QED) is 0.886. The van der Waals surface area contributed by atoms with Crippen LogP contribution in [0.5, 0.6) is 23.0 Å². The molecule has 3 heteroatoms. The summed E-state index contributed by atoms with van der Waals surface area (Å²) < 4.78 is 11.0. The number of phenols is 1. The van der Waals surface area contributed by atoms with E-state index < -0.39 is 0 Å². The average Bonchev–Trinajstić information content (AvgIpc) is 2.37. The molecule has 0 amide bonds. The second-order valence-corrected chi connectivity index (χ2v) is 3.95. The van der Waals surface area contributed by atoms with Crippen LogP contribution in [0.1, 0.15) is 12.5 Å². The summed E-state index contributed by atoms with van der Waals surface area (Å²) in [5, 5.41) is 9.43. The molecule has 0 aliphatic heterocycles. The summed E-state index contributed by atoms with van der Waals surface area (Å²) in [7, 11) is 0. The van der Waals surface area contributed by atoms with Crippen molar-refractivity contribution in [1.82, 2.24) is 0 Å². The first-order chi connectivity index (χ1) is 8.69. The van der Waals surface area contributed by atoms with E-state index >= 15 is 0 Å². The first-order valence-electron chi connectivity index (χ1n) is 5.89. The fourth-order valence-electron chi connectivity index (χ4n) is 1.60. The molecule has 0 bridgehead atoms. The summed E-state index contributed by atoms with van der Waals surface area (Å²) in [6.45, 7) is 4.43. The predicted octanol–water partition coefficient (Wildman–Crippen LogP) is 3.89. The van der Waals surface area contributed by atoms with Crippen molar-refractivity contribution in [3.63, 3.8) is 0 Å². The summed E-state index contributed by atoms with van der Waals surface area (Å²) in [5.74, 6) is 2.54. The number of hydrogen-bond donors (Lipinski definition) is 1. The maximum Gasteiger partial charge on any atom is 0.127 e. The number of aromatic hydroxyl groups is 1. The van der Waals surface area contributed by atoms with E-state index in [-0.39, 0.29) is 5.75 Å². The van der Waals surface area contributed by atoms with Crippen molar-refractivity contribution in [2.75, 3.05) is 6.61 Å². The van der Waals surface area contributed by atoms with E-state index in [9.17, 15) is 5.11 Å². The van der Waals surface area contributed by atoms with Gasteiger partial charge in [0.1, 0.15) is 23.0 Å². The molecular weight excluding hydrogens is 228 g/mol. The van der Waals surface area contributed by atoms with E-state index in [2.05, 4.69) is 0 Å². The average molecular weight is 244 g/mol. The molecule has 18 heavy (non-hydrogen) atoms. The van der Waals surface area contributed by atoms with Gasteiger partial charge in [-0.15, -0.1) is 0 Å². The van der Waals surface area contributed by atoms with E-state index in [1.165, 1.54) is 0 Å². The Morgan fingerprint density at radius 3 is 2.17 bits per heavy atom. The topological polar surface area (TPSA) is 38.7 Å². The lowest BCUT2D eigenvalue weighted by Crippen LogP contribution is -1.91. The summed E-state index contributed by atoms with van der Waals surface area (Å²) in [4.78, 5) is 0. The van der Waals surface area contributed by atoms with Crippen LogP contribution in [-0.2, 0) is 0 Å². The number of rotatable bonds is 4. The molecule has 2 rings (SSSR count). The molecule has 0 spiro atoms. The second kappa shape index (κ2) is 5.45. The lowest BCUT2D eigenvalue weighted by molar-refractivity contribution is 0.339. The Morgan fingerprint density at radius 2 is 1.56 bits per heavy atom. The smallest absolute Gasteiger partial charge is 0.127 e. The highest BCUT2D eigenvalue weighted by Gasteiger charge is 2.01. The zero-order valence-electron chi connectivity index (χ0n) is 10.5. The van der Waals surface area contributed by atoms with E-state index in [1.807, 2.05) is 38.1 Å². The maximum absolute atomic E-state index is 9.43. The van der Waals surface area contributed by atoms with Gasteiger partial charge >= 0.3 is 0 Å². The van der Waals surface area contributed by atoms with Crippen molar-refractivity contribution in [3.05, 3.63) is 48.0 Å². The van der Waals surface area contributed by atoms with Gasteiger partial charge in [-0.05, 0) is 61.9 Å². The van der Waals surface area contributed by atoms with Crippen molar-refractivity contribution in [2.24, 2.45) is 0 Å². The third-order valence-corrected chi connectivity index (χ3v) is 2.54. The SMILES string of the molecule is CCOc1ccc(Oc2ccc(O)c(C)c2)cc1. The van der Waals surface area contributed by atoms with E-state index in [0.29, 0.717) is 12.4 Å². The molecule has 0 unspecified atom stereocenters. The molecule has 0 heterocycles. The first kappa shape index (κ1) is 12.3. The molecule has 0 aliphatic carbocycles. The van der Waals surface area contributed by atoms with Gasteiger partial charge in [-0.1, -0.05) is 0 Å². The van der Waals surface area contributed by atoms with Crippen LogP contribution in [0.2, 0.25) is 0 Å². The molecule has 2 aromatic rings. The third-order valence-electron chi connectivity index (χ3n) is 2.54. The normalized spacial score (nSPS) is 10.1. The largest absolute Gasteiger partial charge is 0.508 e. The van der Waals surface area contributed by atoms with Crippen LogP contribution in [0.4, 0.5) is 0 Å². The van der Waals surface area contributed by atoms with Crippen LogP contribution in [0, 0.1) is 6.92 Å². The molecule has 1 N–H and O–H groups in total. The van der Waals surface area contributed by atoms with Gasteiger partial charge in [0, 0.05) is 0 Å². The summed E-state index contributed by atoms with van der Waals surface area (Å²) in [6.07, 6.45) is 0. The Hall–Kier alpha value is -2.16. The molecule has 0 aliphatic rings. The monoisotopic (exact) mass is 244 g/mol. The van der Waals surface area contributed by atoms with Crippen molar-refractivity contribution in [3.8, 4) is 23.0 Å². The Morgan fingerprint density at radius 1 is 0.944 bits per heavy atom. The van der Waals surface area contributed by atoms with Crippen molar-refractivity contribution in [1.29, 1.82) is 0 Å². The molecule has 0 fully saturated rings. The lowest BCUT2D eigenvalue weighted by Gasteiger charge is -2.08. The maximum atomic E-state index is 9.43. The fourth-order valence-corrected chi connectivity index (χ4v) is 1.60. The minimum atomic E-state index is 0.272. The Kier molecular flexibility index (Phi) is 3.72. The van der Waals surface area contributed by atoms with E-state index in [1.54, 1.807) is 18.2 Å². The van der Waals surface area contributed by atoms with Crippen LogP contribution >= 0.6 is 0 Å². The summed E-state index contributed by atoms with van der Waals surface area (Å²) >= 11 is 0. The van der Waals surface area contributed by atoms with Gasteiger partial charge < -0.3 is 14.6 Å². The van der Waals surface area contributed by atoms with Crippen LogP contribution in [-0.4, -0.2) is 11.7 Å². The van der Waals surface area contributed by atoms with Crippen molar-refractivity contribution in [2.45, 2.75) is 13.8 Å². The van der Waals surface area contributed by atoms with Crippen molar-refractivity contribution >= 4 is 0 Å². The Labute approximate surface area is 107 Å². The summed E-state index contributed by atoms with van der Waals surface area (Å²) in [6, 6.07) is 12.6. The molecule has 0 saturated carbocycles. The highest BCUT2D eigenvalue weighted by atomic mass is 16.5. The summed E-state index contributed by atoms with van der Waals surface area (Å²) in [5.41, 5.74) is 0.790.